The van der Waals surface area contributed by atoms with Crippen molar-refractivity contribution >= 4 is 46.1 Å². The molecular weight excluding hydrogens is 302 g/mol. The first-order valence-electron chi connectivity index (χ1n) is 5.47. The van der Waals surface area contributed by atoms with E-state index in [9.17, 15) is 9.59 Å². The van der Waals surface area contributed by atoms with E-state index in [0.29, 0.717) is 32.8 Å². The molecule has 1 aromatic carbocycles. The minimum atomic E-state index is -0.375. The Hall–Kier alpha value is -2.12. The van der Waals surface area contributed by atoms with Gasteiger partial charge in [0.1, 0.15) is 11.5 Å². The summed E-state index contributed by atoms with van der Waals surface area (Å²) in [6.07, 6.45) is 1.38. The Balaban J connectivity index is 2.23. The second-order valence-electron chi connectivity index (χ2n) is 3.70. The largest absolute Gasteiger partial charge is 0.463 e. The maximum atomic E-state index is 12.0. The second kappa shape index (κ2) is 6.36. The lowest BCUT2D eigenvalue weighted by molar-refractivity contribution is -0.129. The number of ether oxygens (including phenoxy) is 1. The molecule has 0 fully saturated rings. The maximum absolute atomic E-state index is 12.0. The predicted octanol–water partition coefficient (Wildman–Crippen LogP) is 2.30. The maximum Gasteiger partial charge on any atom is 0.293 e. The number of benzene rings is 1. The Bertz CT molecular complexity index is 645. The number of carbonyl (C=O) groups excluding carboxylic acids is 2. The van der Waals surface area contributed by atoms with Gasteiger partial charge in [-0.1, -0.05) is 35.1 Å². The average Bonchev–Trinajstić information content (AvgIpc) is 2.86. The van der Waals surface area contributed by atoms with Crippen molar-refractivity contribution in [2.45, 2.75) is 6.61 Å². The molecule has 0 aliphatic rings. The Kier molecular flexibility index (Phi) is 4.54. The molecule has 0 saturated heterocycles. The quantitative estimate of drug-likeness (QED) is 0.826. The fraction of sp³-hybridized carbons (Fsp3) is 0.0833. The van der Waals surface area contributed by atoms with Crippen LogP contribution in [-0.4, -0.2) is 17.4 Å². The standard InChI is InChI=1S/C12H10ClN3O3S/c13-8-3-1-2-7(5-19-6-17)10(8)16-11(18)9-4-15-12(14)20-9/h1-4,6H,5H2,(H2,14,15)(H,16,18). The summed E-state index contributed by atoms with van der Waals surface area (Å²) in [5.41, 5.74) is 6.47. The summed E-state index contributed by atoms with van der Waals surface area (Å²) < 4.78 is 4.69. The molecule has 0 saturated carbocycles. The van der Waals surface area contributed by atoms with Crippen LogP contribution in [0.25, 0.3) is 0 Å². The van der Waals surface area contributed by atoms with E-state index >= 15 is 0 Å². The number of halogens is 1. The van der Waals surface area contributed by atoms with E-state index in [1.807, 2.05) is 0 Å². The molecule has 2 aromatic rings. The third-order valence-electron chi connectivity index (χ3n) is 2.39. The number of rotatable bonds is 5. The summed E-state index contributed by atoms with van der Waals surface area (Å²) in [6, 6.07) is 5.03. The van der Waals surface area contributed by atoms with Crippen molar-refractivity contribution in [3.63, 3.8) is 0 Å². The number of nitrogens with zero attached hydrogens (tertiary/aromatic N) is 1. The summed E-state index contributed by atoms with van der Waals surface area (Å²) in [5, 5.41) is 3.32. The molecule has 8 heteroatoms. The van der Waals surface area contributed by atoms with Crippen LogP contribution in [0.4, 0.5) is 10.8 Å². The van der Waals surface area contributed by atoms with Crippen molar-refractivity contribution in [2.75, 3.05) is 11.1 Å². The van der Waals surface area contributed by atoms with Crippen LogP contribution < -0.4 is 11.1 Å². The summed E-state index contributed by atoms with van der Waals surface area (Å²) in [7, 11) is 0. The highest BCUT2D eigenvalue weighted by Gasteiger charge is 2.14. The Morgan fingerprint density at radius 2 is 2.35 bits per heavy atom. The molecular formula is C12H10ClN3O3S. The van der Waals surface area contributed by atoms with Gasteiger partial charge in [0.25, 0.3) is 12.4 Å². The summed E-state index contributed by atoms with van der Waals surface area (Å²) >= 11 is 7.12. The van der Waals surface area contributed by atoms with Crippen LogP contribution in [0.3, 0.4) is 0 Å². The van der Waals surface area contributed by atoms with Crippen molar-refractivity contribution in [2.24, 2.45) is 0 Å². The zero-order chi connectivity index (χ0) is 14.5. The van der Waals surface area contributed by atoms with Gasteiger partial charge in [0.15, 0.2) is 5.13 Å². The van der Waals surface area contributed by atoms with Crippen molar-refractivity contribution in [1.29, 1.82) is 0 Å². The summed E-state index contributed by atoms with van der Waals surface area (Å²) in [4.78, 5) is 26.5. The Morgan fingerprint density at radius 3 is 3.00 bits per heavy atom. The van der Waals surface area contributed by atoms with Crippen LogP contribution >= 0.6 is 22.9 Å². The van der Waals surface area contributed by atoms with Crippen LogP contribution in [0.2, 0.25) is 5.02 Å². The highest BCUT2D eigenvalue weighted by atomic mass is 35.5. The van der Waals surface area contributed by atoms with Crippen molar-refractivity contribution < 1.29 is 14.3 Å². The van der Waals surface area contributed by atoms with E-state index in [1.165, 1.54) is 6.20 Å². The molecule has 0 atom stereocenters. The van der Waals surface area contributed by atoms with Crippen molar-refractivity contribution in [1.82, 2.24) is 4.98 Å². The van der Waals surface area contributed by atoms with Gasteiger partial charge < -0.3 is 15.8 Å². The minimum absolute atomic E-state index is 0.0184. The highest BCUT2D eigenvalue weighted by molar-refractivity contribution is 7.17. The van der Waals surface area contributed by atoms with Crippen LogP contribution in [0.15, 0.2) is 24.4 Å². The fourth-order valence-electron chi connectivity index (χ4n) is 1.52. The van der Waals surface area contributed by atoms with Crippen LogP contribution in [0, 0.1) is 0 Å². The van der Waals surface area contributed by atoms with E-state index in [0.717, 1.165) is 11.3 Å². The molecule has 0 aliphatic heterocycles. The van der Waals surface area contributed by atoms with Gasteiger partial charge in [-0.3, -0.25) is 9.59 Å². The van der Waals surface area contributed by atoms with Crippen molar-refractivity contribution in [3.8, 4) is 0 Å². The van der Waals surface area contributed by atoms with E-state index in [2.05, 4.69) is 15.0 Å². The molecule has 0 unspecified atom stereocenters. The number of hydrogen-bond donors (Lipinski definition) is 2. The van der Waals surface area contributed by atoms with Gasteiger partial charge in [0.2, 0.25) is 0 Å². The molecule has 2 rings (SSSR count). The molecule has 1 heterocycles. The monoisotopic (exact) mass is 311 g/mol. The molecule has 0 aliphatic carbocycles. The number of para-hydroxylation sites is 1. The topological polar surface area (TPSA) is 94.3 Å². The van der Waals surface area contributed by atoms with Gasteiger partial charge in [0, 0.05) is 5.56 Å². The van der Waals surface area contributed by atoms with Gasteiger partial charge in [-0.2, -0.15) is 0 Å². The molecule has 104 valence electrons. The molecule has 1 aromatic heterocycles. The second-order valence-corrected chi connectivity index (χ2v) is 5.17. The van der Waals surface area contributed by atoms with Crippen molar-refractivity contribution in [3.05, 3.63) is 39.9 Å². The van der Waals surface area contributed by atoms with E-state index in [-0.39, 0.29) is 12.5 Å². The average molecular weight is 312 g/mol. The third-order valence-corrected chi connectivity index (χ3v) is 3.53. The van der Waals surface area contributed by atoms with Crippen LogP contribution in [0.1, 0.15) is 15.2 Å². The lowest BCUT2D eigenvalue weighted by Crippen LogP contribution is -2.12. The Morgan fingerprint density at radius 1 is 1.55 bits per heavy atom. The zero-order valence-corrected chi connectivity index (χ0v) is 11.7. The Labute approximate surface area is 123 Å². The lowest BCUT2D eigenvalue weighted by Gasteiger charge is -2.11. The minimum Gasteiger partial charge on any atom is -0.463 e. The number of nitrogens with two attached hydrogens (primary N) is 1. The molecule has 0 bridgehead atoms. The lowest BCUT2D eigenvalue weighted by atomic mass is 10.2. The molecule has 0 spiro atoms. The van der Waals surface area contributed by atoms with Crippen LogP contribution in [-0.2, 0) is 16.1 Å². The zero-order valence-electron chi connectivity index (χ0n) is 10.1. The molecule has 0 radical (unpaired) electrons. The number of aromatic nitrogens is 1. The SMILES string of the molecule is Nc1ncc(C(=O)Nc2c(Cl)cccc2COC=O)s1. The third kappa shape index (κ3) is 3.25. The predicted molar refractivity (Wildman–Crippen MR) is 76.8 cm³/mol. The molecule has 20 heavy (non-hydrogen) atoms. The van der Waals surface area contributed by atoms with Gasteiger partial charge in [-0.25, -0.2) is 4.98 Å². The summed E-state index contributed by atoms with van der Waals surface area (Å²) in [5.74, 6) is -0.375. The first kappa shape index (κ1) is 14.3. The summed E-state index contributed by atoms with van der Waals surface area (Å²) in [6.45, 7) is 0.348. The smallest absolute Gasteiger partial charge is 0.293 e. The van der Waals surface area contributed by atoms with E-state index in [1.54, 1.807) is 18.2 Å². The number of anilines is 2. The fourth-order valence-corrected chi connectivity index (χ4v) is 2.34. The number of nitrogens with one attached hydrogen (secondary N) is 1. The number of nitrogen functional groups attached to an aromatic ring is 1. The number of hydrogen-bond acceptors (Lipinski definition) is 6. The highest BCUT2D eigenvalue weighted by Crippen LogP contribution is 2.27. The first-order chi connectivity index (χ1) is 9.61. The van der Waals surface area contributed by atoms with Gasteiger partial charge >= 0.3 is 0 Å². The number of amides is 1. The van der Waals surface area contributed by atoms with Crippen LogP contribution in [0.5, 0.6) is 0 Å². The molecule has 3 N–H and O–H groups in total. The van der Waals surface area contributed by atoms with Gasteiger partial charge in [-0.15, -0.1) is 0 Å². The number of carbonyl (C=O) groups is 2. The number of thiazole rings is 1. The molecule has 1 amide bonds. The normalized spacial score (nSPS) is 10.1. The van der Waals surface area contributed by atoms with E-state index < -0.39 is 0 Å². The van der Waals surface area contributed by atoms with Gasteiger partial charge in [-0.05, 0) is 6.07 Å². The first-order valence-corrected chi connectivity index (χ1v) is 6.66. The molecule has 6 nitrogen and oxygen atoms in total. The van der Waals surface area contributed by atoms with E-state index in [4.69, 9.17) is 17.3 Å². The van der Waals surface area contributed by atoms with Gasteiger partial charge in [0.05, 0.1) is 16.9 Å².